The number of aliphatic hydroxyl groups is 1. The molecule has 1 saturated carbocycles. The van der Waals surface area contributed by atoms with Gasteiger partial charge in [-0.05, 0) is 62.3 Å². The zero-order chi connectivity index (χ0) is 16.7. The van der Waals surface area contributed by atoms with Gasteiger partial charge in [-0.3, -0.25) is 9.59 Å². The first-order valence-electron chi connectivity index (χ1n) is 8.40. The fourth-order valence-corrected chi connectivity index (χ4v) is 2.85. The number of hydrogen-bond donors (Lipinski definition) is 3. The molecule has 2 rings (SSSR count). The first kappa shape index (κ1) is 17.5. The summed E-state index contributed by atoms with van der Waals surface area (Å²) in [6.45, 7) is 2.75. The Labute approximate surface area is 137 Å². The van der Waals surface area contributed by atoms with E-state index in [1.165, 1.54) is 0 Å². The second kappa shape index (κ2) is 8.67. The molecule has 0 unspecified atom stereocenters. The van der Waals surface area contributed by atoms with Crippen LogP contribution in [0.2, 0.25) is 0 Å². The lowest BCUT2D eigenvalue weighted by atomic mass is 9.82. The van der Waals surface area contributed by atoms with E-state index in [1.807, 2.05) is 0 Å². The maximum absolute atomic E-state index is 12.3. The predicted octanol–water partition coefficient (Wildman–Crippen LogP) is 2.56. The highest BCUT2D eigenvalue weighted by atomic mass is 16.3. The van der Waals surface area contributed by atoms with Crippen molar-refractivity contribution in [3.63, 3.8) is 0 Å². The quantitative estimate of drug-likeness (QED) is 0.705. The van der Waals surface area contributed by atoms with Gasteiger partial charge in [-0.25, -0.2) is 0 Å². The minimum Gasteiger partial charge on any atom is -0.396 e. The van der Waals surface area contributed by atoms with Crippen molar-refractivity contribution in [3.05, 3.63) is 29.8 Å². The highest BCUT2D eigenvalue weighted by Crippen LogP contribution is 2.29. The number of aliphatic hydroxyl groups excluding tert-OH is 1. The van der Waals surface area contributed by atoms with Gasteiger partial charge in [0.05, 0.1) is 0 Å². The lowest BCUT2D eigenvalue weighted by molar-refractivity contribution is -0.121. The smallest absolute Gasteiger partial charge is 0.251 e. The number of benzene rings is 1. The molecule has 1 aliphatic carbocycles. The first-order valence-corrected chi connectivity index (χ1v) is 8.40. The van der Waals surface area contributed by atoms with Crippen LogP contribution < -0.4 is 10.6 Å². The number of carbonyl (C=O) groups excluding carboxylic acids is 2. The van der Waals surface area contributed by atoms with E-state index >= 15 is 0 Å². The Morgan fingerprint density at radius 2 is 1.78 bits per heavy atom. The van der Waals surface area contributed by atoms with E-state index in [1.54, 1.807) is 24.3 Å². The molecule has 2 amide bonds. The standard InChI is InChI=1S/C18H26N2O3/c1-13-3-5-15(6-4-13)18(23)20-16-9-7-14(8-10-16)17(22)19-11-2-12-21/h7-10,13,15,21H,2-6,11-12H2,1H3,(H,19,22)(H,20,23). The molecule has 0 heterocycles. The lowest BCUT2D eigenvalue weighted by Gasteiger charge is -2.25. The highest BCUT2D eigenvalue weighted by molar-refractivity contribution is 5.96. The molecule has 1 aliphatic rings. The van der Waals surface area contributed by atoms with Crippen LogP contribution in [-0.4, -0.2) is 30.1 Å². The van der Waals surface area contributed by atoms with Crippen molar-refractivity contribution in [2.24, 2.45) is 11.8 Å². The zero-order valence-corrected chi connectivity index (χ0v) is 13.7. The molecule has 0 aromatic heterocycles. The summed E-state index contributed by atoms with van der Waals surface area (Å²) in [5.74, 6) is 0.741. The van der Waals surface area contributed by atoms with E-state index in [4.69, 9.17) is 5.11 Å². The lowest BCUT2D eigenvalue weighted by Crippen LogP contribution is -2.27. The Bertz CT molecular complexity index is 520. The zero-order valence-electron chi connectivity index (χ0n) is 13.7. The molecule has 5 nitrogen and oxygen atoms in total. The normalized spacial score (nSPS) is 20.8. The van der Waals surface area contributed by atoms with Crippen LogP contribution in [0.3, 0.4) is 0 Å². The molecular formula is C18H26N2O3. The molecule has 0 spiro atoms. The Kier molecular flexibility index (Phi) is 6.59. The molecule has 0 saturated heterocycles. The minimum absolute atomic E-state index is 0.0607. The van der Waals surface area contributed by atoms with E-state index in [0.29, 0.717) is 18.5 Å². The topological polar surface area (TPSA) is 78.4 Å². The van der Waals surface area contributed by atoms with Crippen molar-refractivity contribution in [1.29, 1.82) is 0 Å². The van der Waals surface area contributed by atoms with Gasteiger partial charge in [0.25, 0.3) is 5.91 Å². The third-order valence-electron chi connectivity index (χ3n) is 4.42. The molecule has 126 valence electrons. The summed E-state index contributed by atoms with van der Waals surface area (Å²) >= 11 is 0. The molecule has 1 aromatic rings. The second-order valence-electron chi connectivity index (χ2n) is 6.36. The maximum Gasteiger partial charge on any atom is 0.251 e. The monoisotopic (exact) mass is 318 g/mol. The second-order valence-corrected chi connectivity index (χ2v) is 6.36. The van der Waals surface area contributed by atoms with Crippen molar-refractivity contribution in [2.45, 2.75) is 39.0 Å². The number of hydrogen-bond acceptors (Lipinski definition) is 3. The van der Waals surface area contributed by atoms with Crippen LogP contribution in [-0.2, 0) is 4.79 Å². The van der Waals surface area contributed by atoms with Gasteiger partial charge in [0.15, 0.2) is 0 Å². The molecule has 3 N–H and O–H groups in total. The van der Waals surface area contributed by atoms with Crippen LogP contribution in [0.1, 0.15) is 49.4 Å². The van der Waals surface area contributed by atoms with Crippen molar-refractivity contribution in [1.82, 2.24) is 5.32 Å². The van der Waals surface area contributed by atoms with Crippen molar-refractivity contribution in [3.8, 4) is 0 Å². The Balaban J connectivity index is 1.84. The Hall–Kier alpha value is -1.88. The number of rotatable bonds is 6. The number of carbonyl (C=O) groups is 2. The number of nitrogens with one attached hydrogen (secondary N) is 2. The summed E-state index contributed by atoms with van der Waals surface area (Å²) in [6.07, 6.45) is 4.69. The largest absolute Gasteiger partial charge is 0.396 e. The van der Waals surface area contributed by atoms with Crippen LogP contribution >= 0.6 is 0 Å². The van der Waals surface area contributed by atoms with Gasteiger partial charge < -0.3 is 15.7 Å². The summed E-state index contributed by atoms with van der Waals surface area (Å²) in [4.78, 5) is 24.1. The summed E-state index contributed by atoms with van der Waals surface area (Å²) < 4.78 is 0. The Morgan fingerprint density at radius 3 is 2.39 bits per heavy atom. The van der Waals surface area contributed by atoms with Gasteiger partial charge in [-0.2, -0.15) is 0 Å². The fraction of sp³-hybridized carbons (Fsp3) is 0.556. The van der Waals surface area contributed by atoms with Crippen LogP contribution in [0.25, 0.3) is 0 Å². The van der Waals surface area contributed by atoms with Crippen LogP contribution in [0.5, 0.6) is 0 Å². The summed E-state index contributed by atoms with van der Waals surface area (Å²) in [6, 6.07) is 6.91. The van der Waals surface area contributed by atoms with Crippen LogP contribution in [0.4, 0.5) is 5.69 Å². The average molecular weight is 318 g/mol. The molecule has 0 radical (unpaired) electrons. The number of amides is 2. The van der Waals surface area contributed by atoms with Gasteiger partial charge in [0.2, 0.25) is 5.91 Å². The maximum atomic E-state index is 12.3. The van der Waals surface area contributed by atoms with Crippen molar-refractivity contribution < 1.29 is 14.7 Å². The first-order chi connectivity index (χ1) is 11.1. The highest BCUT2D eigenvalue weighted by Gasteiger charge is 2.24. The molecule has 5 heteroatoms. The van der Waals surface area contributed by atoms with Gasteiger partial charge in [-0.1, -0.05) is 6.92 Å². The molecular weight excluding hydrogens is 292 g/mol. The molecule has 0 atom stereocenters. The molecule has 0 aliphatic heterocycles. The summed E-state index contributed by atoms with van der Waals surface area (Å²) in [5.41, 5.74) is 1.27. The molecule has 23 heavy (non-hydrogen) atoms. The molecule has 1 fully saturated rings. The number of anilines is 1. The minimum atomic E-state index is -0.169. The third-order valence-corrected chi connectivity index (χ3v) is 4.42. The van der Waals surface area contributed by atoms with E-state index < -0.39 is 0 Å². The van der Waals surface area contributed by atoms with Gasteiger partial charge in [0.1, 0.15) is 0 Å². The Morgan fingerprint density at radius 1 is 1.13 bits per heavy atom. The fourth-order valence-electron chi connectivity index (χ4n) is 2.85. The van der Waals surface area contributed by atoms with Gasteiger partial charge >= 0.3 is 0 Å². The van der Waals surface area contributed by atoms with E-state index in [-0.39, 0.29) is 24.3 Å². The predicted molar refractivity (Wildman–Crippen MR) is 90.2 cm³/mol. The summed E-state index contributed by atoms with van der Waals surface area (Å²) in [7, 11) is 0. The van der Waals surface area contributed by atoms with E-state index in [9.17, 15) is 9.59 Å². The van der Waals surface area contributed by atoms with Crippen LogP contribution in [0.15, 0.2) is 24.3 Å². The van der Waals surface area contributed by atoms with E-state index in [0.717, 1.165) is 37.3 Å². The van der Waals surface area contributed by atoms with Crippen molar-refractivity contribution >= 4 is 17.5 Å². The van der Waals surface area contributed by atoms with Crippen molar-refractivity contribution in [2.75, 3.05) is 18.5 Å². The SMILES string of the molecule is CC1CCC(C(=O)Nc2ccc(C(=O)NCCCO)cc2)CC1. The van der Waals surface area contributed by atoms with Gasteiger partial charge in [-0.15, -0.1) is 0 Å². The van der Waals surface area contributed by atoms with Crippen LogP contribution in [0, 0.1) is 11.8 Å². The molecule has 0 bridgehead atoms. The van der Waals surface area contributed by atoms with Gasteiger partial charge in [0, 0.05) is 30.3 Å². The molecule has 1 aromatic carbocycles. The third kappa shape index (κ3) is 5.36. The average Bonchev–Trinajstić information content (AvgIpc) is 2.56. The summed E-state index contributed by atoms with van der Waals surface area (Å²) in [5, 5.41) is 14.4. The van der Waals surface area contributed by atoms with E-state index in [2.05, 4.69) is 17.6 Å².